The SMILES string of the molecule is N=C(c1ccc(C(=O)Nc2ccc(F)cc2C(=O)Nc2ccc(Cl)cn2)cc1)N1CCCCC1. The van der Waals surface area contributed by atoms with Crippen LogP contribution in [-0.2, 0) is 0 Å². The fourth-order valence-corrected chi connectivity index (χ4v) is 3.83. The summed E-state index contributed by atoms with van der Waals surface area (Å²) in [6.45, 7) is 1.73. The van der Waals surface area contributed by atoms with Crippen LogP contribution in [0.25, 0.3) is 0 Å². The molecule has 1 aliphatic rings. The van der Waals surface area contributed by atoms with Crippen molar-refractivity contribution >= 4 is 40.8 Å². The third-order valence-electron chi connectivity index (χ3n) is 5.54. The van der Waals surface area contributed by atoms with Crippen molar-refractivity contribution in [2.45, 2.75) is 19.3 Å². The van der Waals surface area contributed by atoms with Crippen LogP contribution in [0.2, 0.25) is 5.02 Å². The molecule has 3 N–H and O–H groups in total. The second-order valence-electron chi connectivity index (χ2n) is 7.93. The van der Waals surface area contributed by atoms with Crippen molar-refractivity contribution < 1.29 is 14.0 Å². The largest absolute Gasteiger partial charge is 0.357 e. The van der Waals surface area contributed by atoms with Crippen molar-refractivity contribution in [3.8, 4) is 0 Å². The van der Waals surface area contributed by atoms with Crippen molar-refractivity contribution in [2.24, 2.45) is 0 Å². The third-order valence-corrected chi connectivity index (χ3v) is 5.76. The van der Waals surface area contributed by atoms with Crippen LogP contribution in [0.5, 0.6) is 0 Å². The fourth-order valence-electron chi connectivity index (χ4n) is 3.72. The van der Waals surface area contributed by atoms with E-state index in [-0.39, 0.29) is 17.1 Å². The minimum atomic E-state index is -0.630. The summed E-state index contributed by atoms with van der Waals surface area (Å²) in [5.41, 5.74) is 1.19. The summed E-state index contributed by atoms with van der Waals surface area (Å²) in [5.74, 6) is -1.02. The fraction of sp³-hybridized carbons (Fsp3) is 0.200. The number of likely N-dealkylation sites (tertiary alicyclic amines) is 1. The van der Waals surface area contributed by atoms with Gasteiger partial charge in [0, 0.05) is 30.4 Å². The Labute approximate surface area is 201 Å². The average Bonchev–Trinajstić information content (AvgIpc) is 2.86. The van der Waals surface area contributed by atoms with Crippen molar-refractivity contribution in [3.05, 3.63) is 88.3 Å². The molecule has 4 rings (SSSR count). The summed E-state index contributed by atoms with van der Waals surface area (Å²) >= 11 is 5.81. The first-order valence-corrected chi connectivity index (χ1v) is 11.3. The number of amidine groups is 1. The lowest BCUT2D eigenvalue weighted by molar-refractivity contribution is 0.102. The Morgan fingerprint density at radius 3 is 2.29 bits per heavy atom. The van der Waals surface area contributed by atoms with E-state index in [9.17, 15) is 14.0 Å². The molecule has 1 aromatic heterocycles. The van der Waals surface area contributed by atoms with Crippen LogP contribution in [-0.4, -0.2) is 40.6 Å². The number of benzene rings is 2. The molecule has 1 aliphatic heterocycles. The van der Waals surface area contributed by atoms with Gasteiger partial charge in [-0.25, -0.2) is 9.37 Å². The number of amides is 2. The molecule has 0 atom stereocenters. The van der Waals surface area contributed by atoms with E-state index in [1.54, 1.807) is 30.3 Å². The average molecular weight is 480 g/mol. The van der Waals surface area contributed by atoms with Gasteiger partial charge in [-0.2, -0.15) is 0 Å². The van der Waals surface area contributed by atoms with Gasteiger partial charge in [-0.1, -0.05) is 23.7 Å². The van der Waals surface area contributed by atoms with E-state index in [1.807, 2.05) is 4.90 Å². The van der Waals surface area contributed by atoms with Crippen LogP contribution < -0.4 is 10.6 Å². The Hall–Kier alpha value is -3.78. The molecule has 0 saturated carbocycles. The van der Waals surface area contributed by atoms with Crippen molar-refractivity contribution in [1.82, 2.24) is 9.88 Å². The molecule has 1 saturated heterocycles. The van der Waals surface area contributed by atoms with Crippen LogP contribution in [0.1, 0.15) is 45.5 Å². The van der Waals surface area contributed by atoms with Crippen molar-refractivity contribution in [3.63, 3.8) is 0 Å². The van der Waals surface area contributed by atoms with Gasteiger partial charge in [-0.3, -0.25) is 15.0 Å². The predicted octanol–water partition coefficient (Wildman–Crippen LogP) is 5.19. The Morgan fingerprint density at radius 1 is 0.912 bits per heavy atom. The van der Waals surface area contributed by atoms with Crippen molar-refractivity contribution in [1.29, 1.82) is 5.41 Å². The maximum Gasteiger partial charge on any atom is 0.259 e. The normalized spacial score (nSPS) is 13.3. The molecule has 2 heterocycles. The first-order valence-electron chi connectivity index (χ1n) is 10.9. The van der Waals surface area contributed by atoms with Crippen LogP contribution >= 0.6 is 11.6 Å². The first-order chi connectivity index (χ1) is 16.4. The number of hydrogen-bond acceptors (Lipinski definition) is 4. The summed E-state index contributed by atoms with van der Waals surface area (Å²) in [6.07, 6.45) is 4.71. The van der Waals surface area contributed by atoms with E-state index in [4.69, 9.17) is 17.0 Å². The highest BCUT2D eigenvalue weighted by Gasteiger charge is 2.18. The quantitative estimate of drug-likeness (QED) is 0.346. The lowest BCUT2D eigenvalue weighted by Crippen LogP contribution is -2.35. The Morgan fingerprint density at radius 2 is 1.62 bits per heavy atom. The van der Waals surface area contributed by atoms with Gasteiger partial charge < -0.3 is 15.5 Å². The molecule has 0 spiro atoms. The van der Waals surface area contributed by atoms with Crippen molar-refractivity contribution in [2.75, 3.05) is 23.7 Å². The lowest BCUT2D eigenvalue weighted by atomic mass is 10.1. The van der Waals surface area contributed by atoms with Crippen LogP contribution in [0, 0.1) is 11.2 Å². The second-order valence-corrected chi connectivity index (χ2v) is 8.37. The molecule has 0 bridgehead atoms. The Bertz CT molecular complexity index is 1210. The molecular formula is C25H23ClFN5O2. The zero-order valence-corrected chi connectivity index (χ0v) is 19.0. The number of rotatable bonds is 5. The van der Waals surface area contributed by atoms with Crippen LogP contribution in [0.3, 0.4) is 0 Å². The van der Waals surface area contributed by atoms with E-state index in [0.717, 1.165) is 43.6 Å². The Balaban J connectivity index is 1.47. The van der Waals surface area contributed by atoms with E-state index in [2.05, 4.69) is 15.6 Å². The number of halogens is 2. The summed E-state index contributed by atoms with van der Waals surface area (Å²) in [6, 6.07) is 13.3. The van der Waals surface area contributed by atoms with Gasteiger partial charge in [0.05, 0.1) is 16.3 Å². The Kier molecular flexibility index (Phi) is 7.18. The summed E-state index contributed by atoms with van der Waals surface area (Å²) < 4.78 is 13.9. The molecule has 1 fully saturated rings. The van der Waals surface area contributed by atoms with Crippen LogP contribution in [0.4, 0.5) is 15.9 Å². The third kappa shape index (κ3) is 5.58. The monoisotopic (exact) mass is 479 g/mol. The molecule has 3 aromatic rings. The van der Waals surface area contributed by atoms with E-state index < -0.39 is 17.6 Å². The van der Waals surface area contributed by atoms with Gasteiger partial charge >= 0.3 is 0 Å². The van der Waals surface area contributed by atoms with E-state index in [1.165, 1.54) is 24.8 Å². The number of piperidine rings is 1. The molecule has 34 heavy (non-hydrogen) atoms. The van der Waals surface area contributed by atoms with Gasteiger partial charge in [-0.05, 0) is 61.7 Å². The molecule has 7 nitrogen and oxygen atoms in total. The molecule has 0 radical (unpaired) electrons. The number of carbonyl (C=O) groups is 2. The number of pyridine rings is 1. The van der Waals surface area contributed by atoms with Gasteiger partial charge in [-0.15, -0.1) is 0 Å². The molecule has 0 aliphatic carbocycles. The number of carbonyl (C=O) groups excluding carboxylic acids is 2. The molecule has 2 aromatic carbocycles. The highest BCUT2D eigenvalue weighted by Crippen LogP contribution is 2.21. The first kappa shape index (κ1) is 23.4. The zero-order valence-electron chi connectivity index (χ0n) is 18.3. The van der Waals surface area contributed by atoms with E-state index in [0.29, 0.717) is 16.4 Å². The molecule has 2 amide bonds. The topological polar surface area (TPSA) is 98.2 Å². The zero-order chi connectivity index (χ0) is 24.1. The van der Waals surface area contributed by atoms with Gasteiger partial charge in [0.1, 0.15) is 17.5 Å². The molecule has 174 valence electrons. The lowest BCUT2D eigenvalue weighted by Gasteiger charge is -2.29. The number of anilines is 2. The molecule has 9 heteroatoms. The minimum Gasteiger partial charge on any atom is -0.357 e. The maximum absolute atomic E-state index is 13.9. The van der Waals surface area contributed by atoms with Crippen LogP contribution in [0.15, 0.2) is 60.8 Å². The number of nitrogens with zero attached hydrogens (tertiary/aromatic N) is 2. The molecule has 0 unspecified atom stereocenters. The highest BCUT2D eigenvalue weighted by molar-refractivity contribution is 6.30. The smallest absolute Gasteiger partial charge is 0.259 e. The van der Waals surface area contributed by atoms with Gasteiger partial charge in [0.2, 0.25) is 0 Å². The number of hydrogen-bond donors (Lipinski definition) is 3. The highest BCUT2D eigenvalue weighted by atomic mass is 35.5. The number of aromatic nitrogens is 1. The van der Waals surface area contributed by atoms with Gasteiger partial charge in [0.15, 0.2) is 0 Å². The summed E-state index contributed by atoms with van der Waals surface area (Å²) in [4.78, 5) is 31.6. The van der Waals surface area contributed by atoms with Gasteiger partial charge in [0.25, 0.3) is 11.8 Å². The van der Waals surface area contributed by atoms with E-state index >= 15 is 0 Å². The predicted molar refractivity (Wildman–Crippen MR) is 130 cm³/mol. The summed E-state index contributed by atoms with van der Waals surface area (Å²) in [5, 5.41) is 14.1. The number of nitrogens with one attached hydrogen (secondary N) is 3. The standard InChI is InChI=1S/C25H23ClFN5O2/c26-18-8-11-22(29-15-18)31-25(34)20-14-19(27)9-10-21(20)30-24(33)17-6-4-16(5-7-17)23(28)32-12-2-1-3-13-32/h4-11,14-15,28H,1-3,12-13H2,(H,30,33)(H,29,31,34). The summed E-state index contributed by atoms with van der Waals surface area (Å²) in [7, 11) is 0. The molecular weight excluding hydrogens is 457 g/mol. The maximum atomic E-state index is 13.9. The second kappa shape index (κ2) is 10.4. The minimum absolute atomic E-state index is 0.0476.